The molecule has 2 aromatic carbocycles. The highest BCUT2D eigenvalue weighted by Gasteiger charge is 2.44. The number of ketones is 1. The minimum absolute atomic E-state index is 0.111. The van der Waals surface area contributed by atoms with E-state index < -0.39 is 75.2 Å². The Balaban J connectivity index is 2.13. The summed E-state index contributed by atoms with van der Waals surface area (Å²) in [6.45, 7) is 0. The lowest BCUT2D eigenvalue weighted by atomic mass is 9.72. The third kappa shape index (κ3) is 4.19. The lowest BCUT2D eigenvalue weighted by Crippen LogP contribution is -2.36. The van der Waals surface area contributed by atoms with E-state index in [9.17, 15) is 44.4 Å². The van der Waals surface area contributed by atoms with E-state index in [2.05, 4.69) is 0 Å². The van der Waals surface area contributed by atoms with Crippen LogP contribution in [0.4, 0.5) is 0 Å². The van der Waals surface area contributed by atoms with Crippen LogP contribution in [0.5, 0.6) is 0 Å². The first-order valence-corrected chi connectivity index (χ1v) is 11.2. The van der Waals surface area contributed by atoms with E-state index >= 15 is 0 Å². The third-order valence-electron chi connectivity index (χ3n) is 6.51. The molecule has 2 aliphatic rings. The maximum Gasteiger partial charge on any atom is 0.322 e. The van der Waals surface area contributed by atoms with Crippen LogP contribution in [0.25, 0.3) is 11.1 Å². The fourth-order valence-electron chi connectivity index (χ4n) is 4.98. The Morgan fingerprint density at radius 2 is 0.895 bits per heavy atom. The molecule has 0 aliphatic heterocycles. The number of hydrogen-bond acceptors (Lipinski definition) is 7. The number of rotatable bonds is 8. The second-order valence-corrected chi connectivity index (χ2v) is 8.75. The van der Waals surface area contributed by atoms with Crippen molar-refractivity contribution >= 4 is 52.2 Å². The molecule has 2 aliphatic carbocycles. The Bertz CT molecular complexity index is 1410. The summed E-state index contributed by atoms with van der Waals surface area (Å²) in [6.07, 6.45) is -0.332. The molecule has 0 spiro atoms. The van der Waals surface area contributed by atoms with Gasteiger partial charge in [-0.15, -0.1) is 0 Å². The molecule has 0 unspecified atom stereocenters. The van der Waals surface area contributed by atoms with Crippen LogP contribution in [0.3, 0.4) is 0 Å². The topological polar surface area (TPSA) is 214 Å². The average Bonchev–Trinajstić information content (AvgIpc) is 2.82. The number of Topliss-reactive ketones (excluding diaryl/α,β-unsaturated/α-hetero) is 1. The number of allylic oxidation sites excluding steroid dienone is 2. The van der Waals surface area contributed by atoms with Crippen molar-refractivity contribution in [3.63, 3.8) is 0 Å². The molecule has 11 heteroatoms. The summed E-state index contributed by atoms with van der Waals surface area (Å²) in [5.74, 6) is -12.9. The van der Waals surface area contributed by atoms with Gasteiger partial charge in [0.25, 0.3) is 0 Å². The van der Waals surface area contributed by atoms with Crippen molar-refractivity contribution < 1.29 is 44.4 Å². The highest BCUT2D eigenvalue weighted by Crippen LogP contribution is 2.41. The number of carboxylic acids is 4. The molecule has 6 N–H and O–H groups in total. The zero-order valence-electron chi connectivity index (χ0n) is 19.5. The number of aliphatic carboxylic acids is 4. The number of fused-ring (bicyclic) bond motifs is 2. The summed E-state index contributed by atoms with van der Waals surface area (Å²) >= 11 is 0. The van der Waals surface area contributed by atoms with Crippen molar-refractivity contribution in [3.05, 3.63) is 81.9 Å². The predicted octanol–water partition coefficient (Wildman–Crippen LogP) is 2.19. The van der Waals surface area contributed by atoms with Gasteiger partial charge in [-0.05, 0) is 33.4 Å². The Kier molecular flexibility index (Phi) is 6.60. The smallest absolute Gasteiger partial charge is 0.322 e. The van der Waals surface area contributed by atoms with Gasteiger partial charge in [0.1, 0.15) is 0 Å². The van der Waals surface area contributed by atoms with Crippen LogP contribution in [-0.4, -0.2) is 61.5 Å². The van der Waals surface area contributed by atoms with Crippen LogP contribution >= 0.6 is 0 Å². The average molecular weight is 516 g/mol. The first-order chi connectivity index (χ1) is 18.0. The second-order valence-electron chi connectivity index (χ2n) is 8.75. The summed E-state index contributed by atoms with van der Waals surface area (Å²) in [5.41, 5.74) is -2.01. The van der Waals surface area contributed by atoms with Crippen LogP contribution in [0.15, 0.2) is 59.7 Å². The number of benzene rings is 2. The summed E-state index contributed by atoms with van der Waals surface area (Å²) in [7, 11) is 0. The van der Waals surface area contributed by atoms with Gasteiger partial charge < -0.3 is 31.2 Å². The van der Waals surface area contributed by atoms with Crippen molar-refractivity contribution in [1.82, 2.24) is 0 Å². The third-order valence-corrected chi connectivity index (χ3v) is 6.51. The van der Waals surface area contributed by atoms with Crippen LogP contribution in [0, 0.1) is 22.7 Å². The number of hydrogen-bond donors (Lipinski definition) is 6. The minimum atomic E-state index is -2.26. The number of carbonyl (C=O) groups is 5. The molecule has 0 amide bonds. The van der Waals surface area contributed by atoms with Gasteiger partial charge in [-0.2, -0.15) is 0 Å². The lowest BCUT2D eigenvalue weighted by Gasteiger charge is -2.29. The first-order valence-electron chi connectivity index (χ1n) is 11.2. The summed E-state index contributed by atoms with van der Waals surface area (Å²) < 4.78 is 0. The van der Waals surface area contributed by atoms with E-state index in [1.807, 2.05) is 0 Å². The van der Waals surface area contributed by atoms with Crippen LogP contribution in [0.1, 0.15) is 22.3 Å². The van der Waals surface area contributed by atoms with E-state index in [4.69, 9.17) is 10.8 Å². The Hall–Kier alpha value is -5.19. The fourth-order valence-corrected chi connectivity index (χ4v) is 4.98. The van der Waals surface area contributed by atoms with Gasteiger partial charge in [0, 0.05) is 35.4 Å². The van der Waals surface area contributed by atoms with Gasteiger partial charge in [-0.25, -0.2) is 0 Å². The zero-order chi connectivity index (χ0) is 27.9. The zero-order valence-corrected chi connectivity index (χ0v) is 19.5. The van der Waals surface area contributed by atoms with Gasteiger partial charge in [0.05, 0.1) is 0 Å². The molecule has 0 atom stereocenters. The molecule has 0 aromatic heterocycles. The van der Waals surface area contributed by atoms with E-state index in [1.165, 1.54) is 24.3 Å². The Morgan fingerprint density at radius 1 is 0.579 bits per heavy atom. The molecule has 0 heterocycles. The van der Waals surface area contributed by atoms with Crippen molar-refractivity contribution in [2.75, 3.05) is 0 Å². The van der Waals surface area contributed by atoms with Gasteiger partial charge in [-0.3, -0.25) is 24.0 Å². The van der Waals surface area contributed by atoms with E-state index in [0.29, 0.717) is 11.1 Å². The summed E-state index contributed by atoms with van der Waals surface area (Å²) in [4.78, 5) is 62.4. The second kappa shape index (κ2) is 9.69. The highest BCUT2D eigenvalue weighted by molar-refractivity contribution is 6.43. The summed E-state index contributed by atoms with van der Waals surface area (Å²) in [5, 5.41) is 56.3. The van der Waals surface area contributed by atoms with Crippen molar-refractivity contribution in [2.45, 2.75) is 12.8 Å². The van der Waals surface area contributed by atoms with Gasteiger partial charge in [0.2, 0.25) is 0 Å². The largest absolute Gasteiger partial charge is 0.480 e. The van der Waals surface area contributed by atoms with E-state index in [0.717, 1.165) is 0 Å². The summed E-state index contributed by atoms with van der Waals surface area (Å²) in [6, 6.07) is 12.2. The molecule has 38 heavy (non-hydrogen) atoms. The normalized spacial score (nSPS) is 14.9. The Morgan fingerprint density at radius 3 is 1.21 bits per heavy atom. The van der Waals surface area contributed by atoms with Crippen LogP contribution < -0.4 is 0 Å². The molecule has 0 fully saturated rings. The predicted molar refractivity (Wildman–Crippen MR) is 132 cm³/mol. The first kappa shape index (κ1) is 25.9. The molecule has 2 aromatic rings. The molecule has 0 saturated carbocycles. The maximum absolute atomic E-state index is 14.1. The van der Waals surface area contributed by atoms with Gasteiger partial charge >= 0.3 is 23.9 Å². The number of carbonyl (C=O) groups excluding carboxylic acids is 1. The fraction of sp³-hybridized carbons (Fsp3) is 0.148. The minimum Gasteiger partial charge on any atom is -0.480 e. The van der Waals surface area contributed by atoms with Crippen molar-refractivity contribution in [2.24, 2.45) is 11.8 Å². The van der Waals surface area contributed by atoms with E-state index in [1.54, 1.807) is 24.3 Å². The van der Waals surface area contributed by atoms with Gasteiger partial charge in [0.15, 0.2) is 17.6 Å². The van der Waals surface area contributed by atoms with E-state index in [-0.39, 0.29) is 24.0 Å². The van der Waals surface area contributed by atoms with Crippen LogP contribution in [-0.2, 0) is 36.8 Å². The van der Waals surface area contributed by atoms with Crippen molar-refractivity contribution in [1.29, 1.82) is 10.8 Å². The Labute approximate surface area is 214 Å². The highest BCUT2D eigenvalue weighted by atomic mass is 16.4. The number of carboxylic acid groups (broad SMARTS) is 4. The monoisotopic (exact) mass is 516 g/mol. The van der Waals surface area contributed by atoms with Gasteiger partial charge in [-0.1, -0.05) is 48.5 Å². The molecule has 4 rings (SSSR count). The molecule has 0 radical (unpaired) electrons. The number of nitrogens with one attached hydrogen (secondary N) is 2. The SMILES string of the molecule is N=C1Cc2ccccc2C(C(C(=O)O)C(=O)O)=C1C(=O)C1=C(C(C(=O)O)C(=O)O)c2ccccc2CC1=N. The van der Waals surface area contributed by atoms with Crippen LogP contribution in [0.2, 0.25) is 0 Å². The quantitative estimate of drug-likeness (QED) is 0.283. The maximum atomic E-state index is 14.1. The molecule has 11 nitrogen and oxygen atoms in total. The molecule has 192 valence electrons. The standard InChI is InChI=1S/C27H20N2O9/c28-15-9-11-5-1-3-7-13(11)17(21(24(31)32)25(33)34)19(15)23(30)20-16(29)10-12-6-2-4-8-14(12)18(20)22(26(35)36)27(37)38/h1-8,21-22,28-29H,9-10H2,(H,31,32)(H,33,34)(H,35,36)(H,37,38). The van der Waals surface area contributed by atoms with Crippen molar-refractivity contribution in [3.8, 4) is 0 Å². The molecule has 0 bridgehead atoms. The molecule has 0 saturated heterocycles. The molecular formula is C27H20N2O9. The lowest BCUT2D eigenvalue weighted by molar-refractivity contribution is -0.153. The molecular weight excluding hydrogens is 496 g/mol.